The summed E-state index contributed by atoms with van der Waals surface area (Å²) in [6.07, 6.45) is 1.69. The van der Waals surface area contributed by atoms with Gasteiger partial charge in [0.05, 0.1) is 0 Å². The number of furan rings is 1. The number of halogens is 1. The maximum atomic E-state index is 12.0. The molecule has 0 aliphatic heterocycles. The average Bonchev–Trinajstić information content (AvgIpc) is 2.99. The molecular weight excluding hydrogens is 437 g/mol. The molecule has 6 nitrogen and oxygen atoms in total. The van der Waals surface area contributed by atoms with Crippen LogP contribution in [0, 0.1) is 3.77 Å². The Hall–Kier alpha value is -2.42. The van der Waals surface area contributed by atoms with Crippen molar-refractivity contribution in [2.24, 2.45) is 0 Å². The second-order valence-corrected chi connectivity index (χ2v) is 6.24. The minimum atomic E-state index is -0.971. The summed E-state index contributed by atoms with van der Waals surface area (Å²) in [5, 5.41) is 2.62. The van der Waals surface area contributed by atoms with Crippen molar-refractivity contribution in [1.29, 1.82) is 0 Å². The Morgan fingerprint density at radius 2 is 1.84 bits per heavy atom. The third kappa shape index (κ3) is 5.86. The number of benzene rings is 1. The standard InChI is InChI=1S/C18H16INO5/c1-11(21)13-3-5-14(6-4-13)20-18(23)12(2)24-17(22)10-8-15-7-9-16(19)25-15/h3-10,12H,1-2H3,(H,20,23)/b10-8+. The highest BCUT2D eigenvalue weighted by atomic mass is 127. The predicted molar refractivity (Wildman–Crippen MR) is 101 cm³/mol. The average molecular weight is 453 g/mol. The molecule has 1 atom stereocenters. The quantitative estimate of drug-likeness (QED) is 0.312. The smallest absolute Gasteiger partial charge is 0.331 e. The van der Waals surface area contributed by atoms with Crippen molar-refractivity contribution in [2.45, 2.75) is 20.0 Å². The normalized spacial score (nSPS) is 12.0. The number of rotatable bonds is 6. The van der Waals surface area contributed by atoms with Gasteiger partial charge in [-0.25, -0.2) is 4.79 Å². The Morgan fingerprint density at radius 3 is 2.40 bits per heavy atom. The molecule has 0 saturated carbocycles. The van der Waals surface area contributed by atoms with Crippen LogP contribution in [0.4, 0.5) is 5.69 Å². The lowest BCUT2D eigenvalue weighted by atomic mass is 10.1. The van der Waals surface area contributed by atoms with E-state index in [0.717, 1.165) is 0 Å². The van der Waals surface area contributed by atoms with E-state index in [1.807, 2.05) is 22.6 Å². The molecule has 1 aromatic carbocycles. The minimum Gasteiger partial charge on any atom is -0.451 e. The lowest BCUT2D eigenvalue weighted by Crippen LogP contribution is -2.29. The molecule has 2 aromatic rings. The summed E-state index contributed by atoms with van der Waals surface area (Å²) in [6.45, 7) is 2.94. The van der Waals surface area contributed by atoms with Gasteiger partial charge in [0.25, 0.3) is 5.91 Å². The molecule has 0 aliphatic carbocycles. The largest absolute Gasteiger partial charge is 0.451 e. The summed E-state index contributed by atoms with van der Waals surface area (Å²) in [7, 11) is 0. The molecule has 1 heterocycles. The van der Waals surface area contributed by atoms with Crippen LogP contribution in [-0.2, 0) is 14.3 Å². The first kappa shape index (κ1) is 18.9. The van der Waals surface area contributed by atoms with Crippen molar-refractivity contribution in [3.63, 3.8) is 0 Å². The van der Waals surface area contributed by atoms with E-state index in [1.165, 1.54) is 26.0 Å². The highest BCUT2D eigenvalue weighted by molar-refractivity contribution is 14.1. The molecule has 1 unspecified atom stereocenters. The molecular formula is C18H16INO5. The molecule has 0 saturated heterocycles. The van der Waals surface area contributed by atoms with Crippen molar-refractivity contribution < 1.29 is 23.5 Å². The Labute approximate surface area is 158 Å². The summed E-state index contributed by atoms with van der Waals surface area (Å²) >= 11 is 2.01. The van der Waals surface area contributed by atoms with Gasteiger partial charge in [-0.3, -0.25) is 9.59 Å². The number of nitrogens with one attached hydrogen (secondary N) is 1. The Kier molecular flexibility index (Phi) is 6.51. The number of carbonyl (C=O) groups is 3. The lowest BCUT2D eigenvalue weighted by molar-refractivity contribution is -0.148. The zero-order chi connectivity index (χ0) is 18.4. The topological polar surface area (TPSA) is 85.6 Å². The van der Waals surface area contributed by atoms with Gasteiger partial charge in [0.1, 0.15) is 5.76 Å². The fourth-order valence-electron chi connectivity index (χ4n) is 1.87. The van der Waals surface area contributed by atoms with Gasteiger partial charge < -0.3 is 14.5 Å². The van der Waals surface area contributed by atoms with Crippen molar-refractivity contribution in [2.75, 3.05) is 5.32 Å². The first-order chi connectivity index (χ1) is 11.8. The number of hydrogen-bond donors (Lipinski definition) is 1. The van der Waals surface area contributed by atoms with Gasteiger partial charge in [0.2, 0.25) is 0 Å². The molecule has 0 fully saturated rings. The first-order valence-electron chi connectivity index (χ1n) is 7.41. The Bertz CT molecular complexity index is 807. The van der Waals surface area contributed by atoms with Gasteiger partial charge >= 0.3 is 5.97 Å². The van der Waals surface area contributed by atoms with E-state index < -0.39 is 18.0 Å². The number of carbonyl (C=O) groups excluding carboxylic acids is 3. The predicted octanol–water partition coefficient (Wildman–Crippen LogP) is 3.67. The number of ketones is 1. The van der Waals surface area contributed by atoms with E-state index in [-0.39, 0.29) is 5.78 Å². The second kappa shape index (κ2) is 8.61. The van der Waals surface area contributed by atoms with E-state index in [9.17, 15) is 14.4 Å². The van der Waals surface area contributed by atoms with E-state index >= 15 is 0 Å². The molecule has 1 amide bonds. The van der Waals surface area contributed by atoms with Crippen molar-refractivity contribution in [1.82, 2.24) is 0 Å². The summed E-state index contributed by atoms with van der Waals surface area (Å²) in [4.78, 5) is 35.0. The molecule has 25 heavy (non-hydrogen) atoms. The minimum absolute atomic E-state index is 0.0572. The highest BCUT2D eigenvalue weighted by Crippen LogP contribution is 2.12. The number of Topliss-reactive ketones (excluding diaryl/α,β-unsaturated/α-hetero) is 1. The van der Waals surface area contributed by atoms with Crippen LogP contribution in [0.3, 0.4) is 0 Å². The fraction of sp³-hybridized carbons (Fsp3) is 0.167. The molecule has 1 N–H and O–H groups in total. The van der Waals surface area contributed by atoms with E-state index in [4.69, 9.17) is 9.15 Å². The lowest BCUT2D eigenvalue weighted by Gasteiger charge is -2.12. The zero-order valence-electron chi connectivity index (χ0n) is 13.6. The molecule has 0 aliphatic rings. The van der Waals surface area contributed by atoms with Crippen molar-refractivity contribution in [3.8, 4) is 0 Å². The summed E-state index contributed by atoms with van der Waals surface area (Å²) in [6, 6.07) is 9.93. The molecule has 130 valence electrons. The van der Waals surface area contributed by atoms with E-state index in [1.54, 1.807) is 36.4 Å². The summed E-state index contributed by atoms with van der Waals surface area (Å²) in [5.74, 6) is -0.659. The fourth-order valence-corrected chi connectivity index (χ4v) is 2.30. The highest BCUT2D eigenvalue weighted by Gasteiger charge is 2.16. The third-order valence-electron chi connectivity index (χ3n) is 3.20. The van der Waals surface area contributed by atoms with Crippen molar-refractivity contribution >= 4 is 52.0 Å². The Morgan fingerprint density at radius 1 is 1.16 bits per heavy atom. The van der Waals surface area contributed by atoms with Crippen LogP contribution in [0.5, 0.6) is 0 Å². The van der Waals surface area contributed by atoms with Crippen molar-refractivity contribution in [3.05, 3.63) is 57.6 Å². The van der Waals surface area contributed by atoms with Crippen LogP contribution in [0.15, 0.2) is 46.9 Å². The van der Waals surface area contributed by atoms with Crippen LogP contribution in [0.2, 0.25) is 0 Å². The molecule has 2 rings (SSSR count). The summed E-state index contributed by atoms with van der Waals surface area (Å²) < 4.78 is 11.0. The van der Waals surface area contributed by atoms with Crippen LogP contribution in [0.1, 0.15) is 30.0 Å². The van der Waals surface area contributed by atoms with Gasteiger partial charge in [-0.05, 0) is 78.9 Å². The van der Waals surface area contributed by atoms with Gasteiger partial charge in [0, 0.05) is 17.3 Å². The summed E-state index contributed by atoms with van der Waals surface area (Å²) in [5.41, 5.74) is 1.06. The monoisotopic (exact) mass is 453 g/mol. The zero-order valence-corrected chi connectivity index (χ0v) is 15.8. The molecule has 1 aromatic heterocycles. The number of anilines is 1. The third-order valence-corrected chi connectivity index (χ3v) is 3.78. The molecule has 0 spiro atoms. The molecule has 0 radical (unpaired) electrons. The van der Waals surface area contributed by atoms with Gasteiger partial charge in [-0.1, -0.05) is 0 Å². The molecule has 7 heteroatoms. The maximum Gasteiger partial charge on any atom is 0.331 e. The maximum absolute atomic E-state index is 12.0. The van der Waals surface area contributed by atoms with E-state index in [2.05, 4.69) is 5.32 Å². The number of esters is 1. The van der Waals surface area contributed by atoms with Crippen LogP contribution < -0.4 is 5.32 Å². The van der Waals surface area contributed by atoms with Crippen LogP contribution in [-0.4, -0.2) is 23.8 Å². The number of ether oxygens (including phenoxy) is 1. The van der Waals surface area contributed by atoms with Crippen LogP contribution >= 0.6 is 22.6 Å². The van der Waals surface area contributed by atoms with Gasteiger partial charge in [-0.2, -0.15) is 0 Å². The SMILES string of the molecule is CC(=O)c1ccc(NC(=O)C(C)OC(=O)/C=C/c2ccc(I)o2)cc1. The number of amides is 1. The number of hydrogen-bond acceptors (Lipinski definition) is 5. The first-order valence-corrected chi connectivity index (χ1v) is 8.49. The molecule has 0 bridgehead atoms. The van der Waals surface area contributed by atoms with Gasteiger partial charge in [0.15, 0.2) is 15.7 Å². The van der Waals surface area contributed by atoms with E-state index in [0.29, 0.717) is 20.8 Å². The Balaban J connectivity index is 1.87. The van der Waals surface area contributed by atoms with Crippen LogP contribution in [0.25, 0.3) is 6.08 Å². The second-order valence-electron chi connectivity index (χ2n) is 5.18. The van der Waals surface area contributed by atoms with Gasteiger partial charge in [-0.15, -0.1) is 0 Å².